The molecule has 0 radical (unpaired) electrons. The van der Waals surface area contributed by atoms with Gasteiger partial charge < -0.3 is 20.1 Å². The molecule has 0 saturated carbocycles. The summed E-state index contributed by atoms with van der Waals surface area (Å²) in [5, 5.41) is 11.9. The lowest BCUT2D eigenvalue weighted by Crippen LogP contribution is -2.60. The molecule has 0 aromatic heterocycles. The Morgan fingerprint density at radius 1 is 1.14 bits per heavy atom. The number of hydrogen-bond donors (Lipinski definition) is 2. The van der Waals surface area contributed by atoms with Gasteiger partial charge in [0.1, 0.15) is 6.54 Å². The maximum Gasteiger partial charge on any atom is 0.325 e. The van der Waals surface area contributed by atoms with Crippen molar-refractivity contribution in [1.29, 1.82) is 0 Å². The number of nitrogens with zero attached hydrogens (tertiary/aromatic N) is 1. The number of nitrogens with one attached hydrogen (secondary N) is 1. The molecule has 0 unspecified atom stereocenters. The van der Waals surface area contributed by atoms with Crippen molar-refractivity contribution in [3.8, 4) is 0 Å². The zero-order valence-corrected chi connectivity index (χ0v) is 13.6. The maximum atomic E-state index is 12.2. The lowest BCUT2D eigenvalue weighted by molar-refractivity contribution is -0.151. The predicted octanol–water partition coefficient (Wildman–Crippen LogP) is 1.47. The van der Waals surface area contributed by atoms with Gasteiger partial charge in [-0.05, 0) is 41.5 Å². The van der Waals surface area contributed by atoms with Gasteiger partial charge in [-0.3, -0.25) is 9.59 Å². The van der Waals surface area contributed by atoms with E-state index in [0.717, 1.165) is 0 Å². The first-order valence-corrected chi connectivity index (χ1v) is 6.95. The number of ether oxygens (including phenoxy) is 1. The summed E-state index contributed by atoms with van der Waals surface area (Å²) in [6, 6.07) is -0.495. The summed E-state index contributed by atoms with van der Waals surface area (Å²) in [6.07, 6.45) is 0. The summed E-state index contributed by atoms with van der Waals surface area (Å²) >= 11 is 0. The molecule has 0 aliphatic rings. The van der Waals surface area contributed by atoms with Crippen LogP contribution in [-0.4, -0.2) is 53.2 Å². The van der Waals surface area contributed by atoms with E-state index < -0.39 is 28.9 Å². The number of aliphatic carboxylic acids is 1. The van der Waals surface area contributed by atoms with E-state index >= 15 is 0 Å². The Labute approximate surface area is 125 Å². The molecule has 7 heteroatoms. The van der Waals surface area contributed by atoms with Crippen LogP contribution in [0.15, 0.2) is 0 Å². The highest BCUT2D eigenvalue weighted by atomic mass is 16.5. The number of esters is 1. The van der Waals surface area contributed by atoms with Crippen LogP contribution >= 0.6 is 0 Å². The molecule has 0 fully saturated rings. The largest absolute Gasteiger partial charge is 0.481 e. The predicted molar refractivity (Wildman–Crippen MR) is 77.9 cm³/mol. The highest BCUT2D eigenvalue weighted by Crippen LogP contribution is 2.30. The number of amides is 2. The normalized spacial score (nSPS) is 11.7. The lowest BCUT2D eigenvalue weighted by atomic mass is 9.74. The van der Waals surface area contributed by atoms with Crippen LogP contribution in [0.3, 0.4) is 0 Å². The lowest BCUT2D eigenvalue weighted by Gasteiger charge is -2.40. The average molecular weight is 302 g/mol. The van der Waals surface area contributed by atoms with Crippen molar-refractivity contribution in [2.24, 2.45) is 5.41 Å². The minimum absolute atomic E-state index is 0.167. The molecule has 0 saturated heterocycles. The van der Waals surface area contributed by atoms with Crippen LogP contribution in [0.2, 0.25) is 0 Å². The molecular formula is C14H26N2O5. The van der Waals surface area contributed by atoms with Gasteiger partial charge in [0.05, 0.1) is 17.6 Å². The molecular weight excluding hydrogens is 276 g/mol. The fraction of sp³-hybridized carbons (Fsp3) is 0.786. The van der Waals surface area contributed by atoms with E-state index in [9.17, 15) is 19.5 Å². The number of urea groups is 1. The molecule has 0 aromatic rings. The fourth-order valence-electron chi connectivity index (χ4n) is 1.46. The van der Waals surface area contributed by atoms with Crippen molar-refractivity contribution in [2.45, 2.75) is 47.1 Å². The topological polar surface area (TPSA) is 95.9 Å². The molecule has 0 bridgehead atoms. The molecule has 0 aromatic carbocycles. The van der Waals surface area contributed by atoms with Crippen LogP contribution in [0.4, 0.5) is 4.79 Å². The van der Waals surface area contributed by atoms with Gasteiger partial charge in [0.15, 0.2) is 0 Å². The Bertz CT molecular complexity index is 404. The molecule has 0 aliphatic carbocycles. The van der Waals surface area contributed by atoms with Crippen molar-refractivity contribution in [1.82, 2.24) is 10.2 Å². The number of hydrogen-bond acceptors (Lipinski definition) is 4. The van der Waals surface area contributed by atoms with Crippen LogP contribution in [0, 0.1) is 5.41 Å². The number of carboxylic acid groups (broad SMARTS) is 1. The molecule has 7 nitrogen and oxygen atoms in total. The third-order valence-electron chi connectivity index (χ3n) is 3.81. The van der Waals surface area contributed by atoms with Crippen LogP contribution in [-0.2, 0) is 14.3 Å². The van der Waals surface area contributed by atoms with Gasteiger partial charge in [-0.1, -0.05) is 0 Å². The molecule has 0 rings (SSSR count). The first-order valence-electron chi connectivity index (χ1n) is 6.95. The van der Waals surface area contributed by atoms with Gasteiger partial charge in [0.2, 0.25) is 0 Å². The summed E-state index contributed by atoms with van der Waals surface area (Å²) in [6.45, 7) is 10.2. The number of likely N-dealkylation sites (N-methyl/N-ethyl adjacent to an activating group) is 1. The molecule has 122 valence electrons. The minimum atomic E-state index is -1.16. The molecule has 2 N–H and O–H groups in total. The van der Waals surface area contributed by atoms with Gasteiger partial charge in [-0.2, -0.15) is 0 Å². The van der Waals surface area contributed by atoms with E-state index in [0.29, 0.717) is 6.54 Å². The number of carboxylic acids is 1. The third-order valence-corrected chi connectivity index (χ3v) is 3.81. The van der Waals surface area contributed by atoms with Gasteiger partial charge in [0, 0.05) is 6.54 Å². The van der Waals surface area contributed by atoms with E-state index in [4.69, 9.17) is 4.74 Å². The van der Waals surface area contributed by atoms with Gasteiger partial charge in [-0.15, -0.1) is 0 Å². The van der Waals surface area contributed by atoms with E-state index in [1.165, 1.54) is 18.7 Å². The second-order valence-electron chi connectivity index (χ2n) is 5.80. The quantitative estimate of drug-likeness (QED) is 0.694. The summed E-state index contributed by atoms with van der Waals surface area (Å²) < 4.78 is 4.81. The van der Waals surface area contributed by atoms with E-state index in [2.05, 4.69) is 5.32 Å². The smallest absolute Gasteiger partial charge is 0.325 e. The first-order chi connectivity index (χ1) is 9.49. The Kier molecular flexibility index (Phi) is 6.66. The van der Waals surface area contributed by atoms with Crippen LogP contribution in [0.1, 0.15) is 41.5 Å². The van der Waals surface area contributed by atoms with Crippen molar-refractivity contribution >= 4 is 18.0 Å². The monoisotopic (exact) mass is 302 g/mol. The van der Waals surface area contributed by atoms with Crippen molar-refractivity contribution in [3.05, 3.63) is 0 Å². The van der Waals surface area contributed by atoms with E-state index in [1.807, 2.05) is 0 Å². The van der Waals surface area contributed by atoms with Crippen molar-refractivity contribution < 1.29 is 24.2 Å². The molecule has 0 atom stereocenters. The van der Waals surface area contributed by atoms with Crippen LogP contribution < -0.4 is 5.32 Å². The minimum Gasteiger partial charge on any atom is -0.481 e. The molecule has 2 amide bonds. The SMILES string of the molecule is CCOC(=O)CN(CC)C(=O)NC(C)(C)C(C)(C)C(=O)O. The third kappa shape index (κ3) is 4.91. The Hall–Kier alpha value is -1.79. The molecule has 0 spiro atoms. The first kappa shape index (κ1) is 19.2. The molecule has 21 heavy (non-hydrogen) atoms. The van der Waals surface area contributed by atoms with Crippen LogP contribution in [0.5, 0.6) is 0 Å². The molecule has 0 aliphatic heterocycles. The Morgan fingerprint density at radius 3 is 2.05 bits per heavy atom. The summed E-state index contributed by atoms with van der Waals surface area (Å²) in [7, 11) is 0. The summed E-state index contributed by atoms with van der Waals surface area (Å²) in [5.74, 6) is -1.51. The number of carbonyl (C=O) groups is 3. The van der Waals surface area contributed by atoms with Crippen molar-refractivity contribution in [2.75, 3.05) is 19.7 Å². The zero-order valence-electron chi connectivity index (χ0n) is 13.6. The van der Waals surface area contributed by atoms with Crippen molar-refractivity contribution in [3.63, 3.8) is 0 Å². The highest BCUT2D eigenvalue weighted by molar-refractivity contribution is 5.83. The standard InChI is InChI=1S/C14H26N2O5/c1-7-16(9-10(17)21-8-2)12(20)15-14(5,6)13(3,4)11(18)19/h7-9H2,1-6H3,(H,15,20)(H,18,19). The highest BCUT2D eigenvalue weighted by Gasteiger charge is 2.45. The zero-order chi connectivity index (χ0) is 16.8. The van der Waals surface area contributed by atoms with Gasteiger partial charge >= 0.3 is 18.0 Å². The second kappa shape index (κ2) is 7.28. The second-order valence-corrected chi connectivity index (χ2v) is 5.80. The Morgan fingerprint density at radius 2 is 1.67 bits per heavy atom. The van der Waals surface area contributed by atoms with Gasteiger partial charge in [-0.25, -0.2) is 4.79 Å². The average Bonchev–Trinajstić information content (AvgIpc) is 2.35. The van der Waals surface area contributed by atoms with E-state index in [1.54, 1.807) is 27.7 Å². The summed E-state index contributed by atoms with van der Waals surface area (Å²) in [5.41, 5.74) is -2.15. The fourth-order valence-corrected chi connectivity index (χ4v) is 1.46. The summed E-state index contributed by atoms with van der Waals surface area (Å²) in [4.78, 5) is 36.3. The Balaban J connectivity index is 4.92. The van der Waals surface area contributed by atoms with E-state index in [-0.39, 0.29) is 13.2 Å². The number of carbonyl (C=O) groups excluding carboxylic acids is 2. The molecule has 0 heterocycles. The number of rotatable bonds is 7. The maximum absolute atomic E-state index is 12.2. The van der Waals surface area contributed by atoms with Gasteiger partial charge in [0.25, 0.3) is 0 Å². The van der Waals surface area contributed by atoms with Crippen LogP contribution in [0.25, 0.3) is 0 Å².